The van der Waals surface area contributed by atoms with Crippen LogP contribution in [-0.4, -0.2) is 29.1 Å². The Labute approximate surface area is 192 Å². The number of hydrogen-bond acceptors (Lipinski definition) is 3. The van der Waals surface area contributed by atoms with Crippen LogP contribution in [-0.2, 0) is 24.2 Å². The number of rotatable bonds is 8. The number of aliphatic carboxylic acids is 1. The number of fused-ring (bicyclic) bond motifs is 1. The summed E-state index contributed by atoms with van der Waals surface area (Å²) in [6.07, 6.45) is 3.09. The SMILES string of the molecule is O=C(O)C1CN(Cc2ccc(-c3cc4cc(CCCc5ccccc5)ccc4o3)c(F)c2)C1. The summed E-state index contributed by atoms with van der Waals surface area (Å²) in [5.41, 5.74) is 4.61. The molecule has 4 nitrogen and oxygen atoms in total. The molecular weight excluding hydrogens is 417 g/mol. The molecule has 0 radical (unpaired) electrons. The van der Waals surface area contributed by atoms with Crippen molar-refractivity contribution < 1.29 is 18.7 Å². The van der Waals surface area contributed by atoms with E-state index in [1.807, 2.05) is 29.2 Å². The highest BCUT2D eigenvalue weighted by Gasteiger charge is 2.32. The van der Waals surface area contributed by atoms with Crippen molar-refractivity contribution in [2.45, 2.75) is 25.8 Å². The monoisotopic (exact) mass is 443 g/mol. The molecule has 4 aromatic rings. The molecule has 0 saturated carbocycles. The molecule has 168 valence electrons. The van der Waals surface area contributed by atoms with Gasteiger partial charge in [-0.3, -0.25) is 9.69 Å². The first kappa shape index (κ1) is 21.4. The van der Waals surface area contributed by atoms with E-state index in [-0.39, 0.29) is 11.7 Å². The molecule has 5 heteroatoms. The molecule has 0 amide bonds. The van der Waals surface area contributed by atoms with Crippen LogP contribution in [0.3, 0.4) is 0 Å². The lowest BCUT2D eigenvalue weighted by atomic mass is 9.99. The maximum absolute atomic E-state index is 14.9. The minimum absolute atomic E-state index is 0.312. The highest BCUT2D eigenvalue weighted by Crippen LogP contribution is 2.31. The number of carboxylic acids is 1. The van der Waals surface area contributed by atoms with Gasteiger partial charge in [-0.25, -0.2) is 4.39 Å². The number of carbonyl (C=O) groups is 1. The molecule has 0 spiro atoms. The van der Waals surface area contributed by atoms with Crippen LogP contribution in [0.15, 0.2) is 77.2 Å². The van der Waals surface area contributed by atoms with Gasteiger partial charge in [0.05, 0.1) is 11.5 Å². The Hall–Kier alpha value is -3.44. The van der Waals surface area contributed by atoms with E-state index in [0.29, 0.717) is 31.0 Å². The topological polar surface area (TPSA) is 53.7 Å². The van der Waals surface area contributed by atoms with E-state index in [9.17, 15) is 9.18 Å². The fourth-order valence-electron chi connectivity index (χ4n) is 4.49. The molecular formula is C28H26FNO3. The zero-order valence-electron chi connectivity index (χ0n) is 18.3. The van der Waals surface area contributed by atoms with Gasteiger partial charge >= 0.3 is 5.97 Å². The molecule has 1 aromatic heterocycles. The Bertz CT molecular complexity index is 1280. The van der Waals surface area contributed by atoms with Gasteiger partial charge in [0.25, 0.3) is 0 Å². The molecule has 1 aliphatic rings. The van der Waals surface area contributed by atoms with Crippen molar-refractivity contribution in [3.05, 3.63) is 95.3 Å². The smallest absolute Gasteiger partial charge is 0.309 e. The van der Waals surface area contributed by atoms with Crippen LogP contribution < -0.4 is 0 Å². The standard InChI is InChI=1S/C28H26FNO3/c29-25-14-21(16-30-17-23(18-30)28(31)32)9-11-24(25)27-15-22-13-20(10-12-26(22)33-27)8-4-7-19-5-2-1-3-6-19/h1-3,5-6,9-15,23H,4,7-8,16-18H2,(H,31,32). The minimum Gasteiger partial charge on any atom is -0.481 e. The highest BCUT2D eigenvalue weighted by atomic mass is 19.1. The number of hydrogen-bond donors (Lipinski definition) is 1. The van der Waals surface area contributed by atoms with Crippen LogP contribution >= 0.6 is 0 Å². The second kappa shape index (κ2) is 9.20. The number of furan rings is 1. The van der Waals surface area contributed by atoms with Crippen LogP contribution in [0.2, 0.25) is 0 Å². The molecule has 2 heterocycles. The van der Waals surface area contributed by atoms with Crippen LogP contribution in [0.25, 0.3) is 22.3 Å². The van der Waals surface area contributed by atoms with Crippen molar-refractivity contribution in [1.82, 2.24) is 4.90 Å². The largest absolute Gasteiger partial charge is 0.481 e. The van der Waals surface area contributed by atoms with E-state index in [2.05, 4.69) is 36.4 Å². The summed E-state index contributed by atoms with van der Waals surface area (Å²) in [6.45, 7) is 1.57. The van der Waals surface area contributed by atoms with E-state index in [1.165, 1.54) is 17.2 Å². The van der Waals surface area contributed by atoms with Crippen molar-refractivity contribution in [2.75, 3.05) is 13.1 Å². The summed E-state index contributed by atoms with van der Waals surface area (Å²) in [5.74, 6) is -0.889. The van der Waals surface area contributed by atoms with Gasteiger partial charge < -0.3 is 9.52 Å². The van der Waals surface area contributed by atoms with Gasteiger partial charge in [0, 0.05) is 25.0 Å². The molecule has 0 aliphatic carbocycles. The quantitative estimate of drug-likeness (QED) is 0.367. The van der Waals surface area contributed by atoms with Crippen LogP contribution in [0.5, 0.6) is 0 Å². The number of aryl methyl sites for hydroxylation is 2. The van der Waals surface area contributed by atoms with Gasteiger partial charge in [-0.05, 0) is 66.3 Å². The van der Waals surface area contributed by atoms with E-state index in [1.54, 1.807) is 6.07 Å². The summed E-state index contributed by atoms with van der Waals surface area (Å²) in [4.78, 5) is 13.0. The number of nitrogens with zero attached hydrogens (tertiary/aromatic N) is 1. The van der Waals surface area contributed by atoms with Crippen molar-refractivity contribution in [1.29, 1.82) is 0 Å². The maximum atomic E-state index is 14.9. The molecule has 0 bridgehead atoms. The summed E-state index contributed by atoms with van der Waals surface area (Å²) in [6, 6.07) is 23.7. The zero-order chi connectivity index (χ0) is 22.8. The van der Waals surface area contributed by atoms with Gasteiger partial charge in [0.15, 0.2) is 0 Å². The molecule has 3 aromatic carbocycles. The molecule has 5 rings (SSSR count). The average molecular weight is 444 g/mol. The first-order chi connectivity index (χ1) is 16.0. The Morgan fingerprint density at radius 2 is 1.70 bits per heavy atom. The Balaban J connectivity index is 1.25. The number of benzene rings is 3. The predicted octanol–water partition coefficient (Wildman–Crippen LogP) is 5.93. The minimum atomic E-state index is -0.767. The van der Waals surface area contributed by atoms with Crippen LogP contribution in [0.1, 0.15) is 23.1 Å². The molecule has 1 N–H and O–H groups in total. The van der Waals surface area contributed by atoms with Gasteiger partial charge in [0.2, 0.25) is 0 Å². The molecule has 33 heavy (non-hydrogen) atoms. The molecule has 1 aliphatic heterocycles. The van der Waals surface area contributed by atoms with Gasteiger partial charge in [0.1, 0.15) is 17.2 Å². The van der Waals surface area contributed by atoms with Gasteiger partial charge in [-0.15, -0.1) is 0 Å². The lowest BCUT2D eigenvalue weighted by Gasteiger charge is -2.36. The van der Waals surface area contributed by atoms with Crippen molar-refractivity contribution >= 4 is 16.9 Å². The summed E-state index contributed by atoms with van der Waals surface area (Å²) >= 11 is 0. The molecule has 1 fully saturated rings. The van der Waals surface area contributed by atoms with Gasteiger partial charge in [-0.2, -0.15) is 0 Å². The molecule has 1 saturated heterocycles. The van der Waals surface area contributed by atoms with Gasteiger partial charge in [-0.1, -0.05) is 42.5 Å². The lowest BCUT2D eigenvalue weighted by molar-refractivity contribution is -0.147. The predicted molar refractivity (Wildman–Crippen MR) is 126 cm³/mol. The van der Waals surface area contributed by atoms with Crippen LogP contribution in [0.4, 0.5) is 4.39 Å². The summed E-state index contributed by atoms with van der Waals surface area (Å²) < 4.78 is 20.8. The van der Waals surface area contributed by atoms with E-state index >= 15 is 0 Å². The highest BCUT2D eigenvalue weighted by molar-refractivity contribution is 5.83. The fourth-order valence-corrected chi connectivity index (χ4v) is 4.49. The first-order valence-corrected chi connectivity index (χ1v) is 11.4. The third-order valence-electron chi connectivity index (χ3n) is 6.37. The Kier molecular flexibility index (Phi) is 5.97. The fraction of sp³-hybridized carbons (Fsp3) is 0.250. The molecule has 0 atom stereocenters. The average Bonchev–Trinajstić information content (AvgIpc) is 3.19. The summed E-state index contributed by atoms with van der Waals surface area (Å²) in [5, 5.41) is 9.97. The maximum Gasteiger partial charge on any atom is 0.309 e. The normalized spacial score (nSPS) is 14.5. The Morgan fingerprint density at radius 1 is 0.939 bits per heavy atom. The number of carboxylic acid groups (broad SMARTS) is 1. The van der Waals surface area contributed by atoms with E-state index in [4.69, 9.17) is 9.52 Å². The van der Waals surface area contributed by atoms with Crippen molar-refractivity contribution in [3.8, 4) is 11.3 Å². The third kappa shape index (κ3) is 4.83. The van der Waals surface area contributed by atoms with E-state index in [0.717, 1.165) is 35.8 Å². The lowest BCUT2D eigenvalue weighted by Crippen LogP contribution is -2.49. The van der Waals surface area contributed by atoms with E-state index < -0.39 is 5.97 Å². The number of halogens is 1. The second-order valence-electron chi connectivity index (χ2n) is 8.87. The first-order valence-electron chi connectivity index (χ1n) is 11.4. The molecule has 0 unspecified atom stereocenters. The third-order valence-corrected chi connectivity index (χ3v) is 6.37. The van der Waals surface area contributed by atoms with Crippen molar-refractivity contribution in [3.63, 3.8) is 0 Å². The summed E-state index contributed by atoms with van der Waals surface area (Å²) in [7, 11) is 0. The second-order valence-corrected chi connectivity index (χ2v) is 8.87. The number of likely N-dealkylation sites (tertiary alicyclic amines) is 1. The van der Waals surface area contributed by atoms with Crippen LogP contribution in [0, 0.1) is 11.7 Å². The zero-order valence-corrected chi connectivity index (χ0v) is 18.3. The Morgan fingerprint density at radius 3 is 2.45 bits per heavy atom. The van der Waals surface area contributed by atoms with Crippen molar-refractivity contribution in [2.24, 2.45) is 5.92 Å².